The van der Waals surface area contributed by atoms with Gasteiger partial charge in [0.05, 0.1) is 0 Å². The van der Waals surface area contributed by atoms with Gasteiger partial charge in [0.15, 0.2) is 11.0 Å². The number of aromatic nitrogens is 3. The third kappa shape index (κ3) is 3.43. The van der Waals surface area contributed by atoms with Gasteiger partial charge in [-0.3, -0.25) is 0 Å². The molecule has 0 aliphatic carbocycles. The van der Waals surface area contributed by atoms with Crippen LogP contribution in [0.15, 0.2) is 24.3 Å². The van der Waals surface area contributed by atoms with Gasteiger partial charge >= 0.3 is 0 Å². The lowest BCUT2D eigenvalue weighted by atomic mass is 10.2. The van der Waals surface area contributed by atoms with Crippen LogP contribution < -0.4 is 5.32 Å². The Morgan fingerprint density at radius 2 is 1.94 bits per heavy atom. The molecule has 0 bridgehead atoms. The van der Waals surface area contributed by atoms with Gasteiger partial charge in [0.2, 0.25) is 5.28 Å². The van der Waals surface area contributed by atoms with Crippen molar-refractivity contribution in [2.24, 2.45) is 0 Å². The number of hydrogen-bond donors (Lipinski definition) is 1. The number of rotatable bonds is 3. The van der Waals surface area contributed by atoms with E-state index in [9.17, 15) is 0 Å². The van der Waals surface area contributed by atoms with Gasteiger partial charge in [-0.15, -0.1) is 10.2 Å². The second-order valence-corrected chi connectivity index (χ2v) is 4.34. The predicted molar refractivity (Wildman–Crippen MR) is 68.6 cm³/mol. The van der Waals surface area contributed by atoms with Crippen LogP contribution in [0.25, 0.3) is 0 Å². The van der Waals surface area contributed by atoms with Crippen molar-refractivity contribution in [1.82, 2.24) is 15.2 Å². The van der Waals surface area contributed by atoms with Gasteiger partial charge in [0.25, 0.3) is 0 Å². The third-order valence-electron chi connectivity index (χ3n) is 1.97. The minimum absolute atomic E-state index is 0.0444. The Balaban J connectivity index is 2.09. The Hall–Kier alpha value is -1.10. The van der Waals surface area contributed by atoms with Crippen LogP contribution >= 0.6 is 34.8 Å². The van der Waals surface area contributed by atoms with Gasteiger partial charge in [0, 0.05) is 11.6 Å². The zero-order valence-electron chi connectivity index (χ0n) is 8.49. The van der Waals surface area contributed by atoms with Crippen LogP contribution in [0.4, 0.5) is 5.82 Å². The average molecular weight is 290 g/mol. The fraction of sp³-hybridized carbons (Fsp3) is 0.100. The first-order valence-corrected chi connectivity index (χ1v) is 5.82. The molecule has 0 amide bonds. The lowest BCUT2D eigenvalue weighted by Gasteiger charge is -2.06. The number of anilines is 1. The second kappa shape index (κ2) is 5.49. The van der Waals surface area contributed by atoms with E-state index in [1.165, 1.54) is 0 Å². The highest BCUT2D eigenvalue weighted by molar-refractivity contribution is 6.32. The zero-order valence-corrected chi connectivity index (χ0v) is 10.8. The molecule has 2 aromatic rings. The molecule has 0 saturated heterocycles. The van der Waals surface area contributed by atoms with Crippen LogP contribution in [-0.2, 0) is 6.54 Å². The number of nitrogens with one attached hydrogen (secondary N) is 1. The fourth-order valence-corrected chi connectivity index (χ4v) is 1.72. The van der Waals surface area contributed by atoms with Crippen molar-refractivity contribution in [1.29, 1.82) is 0 Å². The molecule has 0 saturated carbocycles. The number of hydrogen-bond acceptors (Lipinski definition) is 4. The molecule has 1 heterocycles. The standard InChI is InChI=1S/C10H7Cl3N4/c11-7-3-1-2-6(4-7)5-14-9-8(12)16-17-10(13)15-9/h1-4H,5H2,(H,14,15,17). The lowest BCUT2D eigenvalue weighted by molar-refractivity contribution is 0.958. The summed E-state index contributed by atoms with van der Waals surface area (Å²) in [5, 5.41) is 11.1. The molecule has 1 N–H and O–H groups in total. The first-order valence-electron chi connectivity index (χ1n) is 4.69. The molecule has 1 aromatic heterocycles. The summed E-state index contributed by atoms with van der Waals surface area (Å²) in [4.78, 5) is 3.93. The summed E-state index contributed by atoms with van der Waals surface area (Å²) in [7, 11) is 0. The van der Waals surface area contributed by atoms with E-state index in [0.29, 0.717) is 17.4 Å². The van der Waals surface area contributed by atoms with Crippen LogP contribution in [0.2, 0.25) is 15.5 Å². The monoisotopic (exact) mass is 288 g/mol. The van der Waals surface area contributed by atoms with E-state index in [1.54, 1.807) is 6.07 Å². The third-order valence-corrected chi connectivity index (χ3v) is 2.62. The highest BCUT2D eigenvalue weighted by Crippen LogP contribution is 2.18. The van der Waals surface area contributed by atoms with Crippen molar-refractivity contribution in [2.75, 3.05) is 5.32 Å². The molecule has 88 valence electrons. The fourth-order valence-electron chi connectivity index (χ4n) is 1.24. The van der Waals surface area contributed by atoms with E-state index >= 15 is 0 Å². The average Bonchev–Trinajstić information content (AvgIpc) is 2.30. The molecule has 1 aromatic carbocycles. The van der Waals surface area contributed by atoms with Gasteiger partial charge in [-0.1, -0.05) is 35.3 Å². The molecular formula is C10H7Cl3N4. The Morgan fingerprint density at radius 3 is 2.71 bits per heavy atom. The molecular weight excluding hydrogens is 282 g/mol. The van der Waals surface area contributed by atoms with Crippen molar-refractivity contribution in [3.8, 4) is 0 Å². The minimum Gasteiger partial charge on any atom is -0.363 e. The molecule has 0 aliphatic heterocycles. The van der Waals surface area contributed by atoms with E-state index in [1.807, 2.05) is 18.2 Å². The molecule has 0 unspecified atom stereocenters. The maximum absolute atomic E-state index is 5.87. The second-order valence-electron chi connectivity index (χ2n) is 3.20. The van der Waals surface area contributed by atoms with Crippen molar-refractivity contribution in [3.63, 3.8) is 0 Å². The summed E-state index contributed by atoms with van der Waals surface area (Å²) in [6.45, 7) is 0.523. The van der Waals surface area contributed by atoms with Crippen molar-refractivity contribution >= 4 is 40.6 Å². The molecule has 4 nitrogen and oxygen atoms in total. The van der Waals surface area contributed by atoms with E-state index in [-0.39, 0.29) is 10.4 Å². The summed E-state index contributed by atoms with van der Waals surface area (Å²) in [5.41, 5.74) is 1.00. The maximum atomic E-state index is 5.87. The normalized spacial score (nSPS) is 10.3. The van der Waals surface area contributed by atoms with Crippen molar-refractivity contribution in [3.05, 3.63) is 45.3 Å². The lowest BCUT2D eigenvalue weighted by Crippen LogP contribution is -2.04. The van der Waals surface area contributed by atoms with E-state index in [4.69, 9.17) is 34.8 Å². The summed E-state index contributed by atoms with van der Waals surface area (Å²) in [6, 6.07) is 7.45. The first kappa shape index (κ1) is 12.4. The summed E-state index contributed by atoms with van der Waals surface area (Å²) >= 11 is 17.3. The maximum Gasteiger partial charge on any atom is 0.245 e. The molecule has 0 aliphatic rings. The highest BCUT2D eigenvalue weighted by atomic mass is 35.5. The molecule has 0 radical (unpaired) electrons. The summed E-state index contributed by atoms with van der Waals surface area (Å²) in [5.74, 6) is 0.395. The Labute approximate surface area is 113 Å². The van der Waals surface area contributed by atoms with Gasteiger partial charge in [-0.05, 0) is 29.3 Å². The van der Waals surface area contributed by atoms with Gasteiger partial charge in [-0.25, -0.2) is 0 Å². The topological polar surface area (TPSA) is 50.7 Å². The first-order chi connectivity index (χ1) is 8.15. The van der Waals surface area contributed by atoms with Gasteiger partial charge in [-0.2, -0.15) is 4.98 Å². The Morgan fingerprint density at radius 1 is 1.12 bits per heavy atom. The molecule has 0 spiro atoms. The molecule has 17 heavy (non-hydrogen) atoms. The number of nitrogens with zero attached hydrogens (tertiary/aromatic N) is 3. The highest BCUT2D eigenvalue weighted by Gasteiger charge is 2.05. The molecule has 7 heteroatoms. The largest absolute Gasteiger partial charge is 0.363 e. The SMILES string of the molecule is Clc1cccc(CNc2nc(Cl)nnc2Cl)c1. The van der Waals surface area contributed by atoms with E-state index < -0.39 is 0 Å². The van der Waals surface area contributed by atoms with Crippen LogP contribution in [0.1, 0.15) is 5.56 Å². The molecule has 2 rings (SSSR count). The van der Waals surface area contributed by atoms with Crippen LogP contribution in [0, 0.1) is 0 Å². The van der Waals surface area contributed by atoms with E-state index in [2.05, 4.69) is 20.5 Å². The predicted octanol–water partition coefficient (Wildman–Crippen LogP) is 3.44. The molecule has 0 fully saturated rings. The number of benzene rings is 1. The van der Waals surface area contributed by atoms with Crippen LogP contribution in [0.5, 0.6) is 0 Å². The smallest absolute Gasteiger partial charge is 0.245 e. The van der Waals surface area contributed by atoms with E-state index in [0.717, 1.165) is 5.56 Å². The zero-order chi connectivity index (χ0) is 12.3. The van der Waals surface area contributed by atoms with Gasteiger partial charge in [0.1, 0.15) is 0 Å². The van der Waals surface area contributed by atoms with Crippen LogP contribution in [0.3, 0.4) is 0 Å². The Kier molecular flexibility index (Phi) is 3.99. The Bertz CT molecular complexity index is 533. The van der Waals surface area contributed by atoms with Gasteiger partial charge < -0.3 is 5.32 Å². The minimum atomic E-state index is 0.0444. The van der Waals surface area contributed by atoms with Crippen LogP contribution in [-0.4, -0.2) is 15.2 Å². The summed E-state index contributed by atoms with van der Waals surface area (Å²) in [6.07, 6.45) is 0. The number of halogens is 3. The van der Waals surface area contributed by atoms with Crippen molar-refractivity contribution in [2.45, 2.75) is 6.54 Å². The van der Waals surface area contributed by atoms with Crippen molar-refractivity contribution < 1.29 is 0 Å². The quantitative estimate of drug-likeness (QED) is 0.940. The molecule has 0 atom stereocenters. The summed E-state index contributed by atoms with van der Waals surface area (Å²) < 4.78 is 0.